The molecule has 3 rings (SSSR count). The Hall–Kier alpha value is -2.51. The molecule has 1 aromatic carbocycles. The first kappa shape index (κ1) is 18.3. The molecular weight excluding hydrogens is 372 g/mol. The van der Waals surface area contributed by atoms with Crippen molar-refractivity contribution in [1.29, 1.82) is 0 Å². The number of hydrogen-bond acceptors (Lipinski definition) is 5. The van der Waals surface area contributed by atoms with E-state index in [1.54, 1.807) is 24.5 Å². The number of hydrogen-bond donors (Lipinski definition) is 1. The van der Waals surface area contributed by atoms with E-state index in [2.05, 4.69) is 22.1 Å². The van der Waals surface area contributed by atoms with Crippen LogP contribution in [-0.2, 0) is 17.9 Å². The number of carbonyl (C=O) groups is 1. The topological polar surface area (TPSA) is 73.0 Å². The van der Waals surface area contributed by atoms with E-state index in [-0.39, 0.29) is 11.7 Å². The van der Waals surface area contributed by atoms with Gasteiger partial charge in [-0.2, -0.15) is 0 Å². The minimum absolute atomic E-state index is 0.108. The molecule has 1 N–H and O–H groups in total. The van der Waals surface area contributed by atoms with E-state index < -0.39 is 0 Å². The molecule has 26 heavy (non-hydrogen) atoms. The third-order valence-corrected chi connectivity index (χ3v) is 4.69. The Morgan fingerprint density at radius 1 is 1.35 bits per heavy atom. The molecule has 134 valence electrons. The molecule has 0 atom stereocenters. The molecule has 0 spiro atoms. The Kier molecular flexibility index (Phi) is 6.14. The minimum Gasteiger partial charge on any atom is -0.467 e. The molecule has 0 fully saturated rings. The van der Waals surface area contributed by atoms with Crippen molar-refractivity contribution in [3.8, 4) is 11.4 Å². The number of halogens is 1. The molecule has 6 nitrogen and oxygen atoms in total. The maximum absolute atomic E-state index is 12.0. The van der Waals surface area contributed by atoms with Crippen molar-refractivity contribution in [1.82, 2.24) is 20.1 Å². The summed E-state index contributed by atoms with van der Waals surface area (Å²) in [5.41, 5.74) is 0.862. The zero-order valence-electron chi connectivity index (χ0n) is 13.9. The van der Waals surface area contributed by atoms with Gasteiger partial charge >= 0.3 is 0 Å². The third kappa shape index (κ3) is 4.56. The van der Waals surface area contributed by atoms with Crippen molar-refractivity contribution < 1.29 is 9.21 Å². The van der Waals surface area contributed by atoms with Crippen LogP contribution in [0.1, 0.15) is 5.76 Å². The highest BCUT2D eigenvalue weighted by molar-refractivity contribution is 7.99. The Labute approximate surface area is 160 Å². The normalized spacial score (nSPS) is 10.7. The van der Waals surface area contributed by atoms with Crippen molar-refractivity contribution in [2.24, 2.45) is 0 Å². The lowest BCUT2D eigenvalue weighted by atomic mass is 10.2. The summed E-state index contributed by atoms with van der Waals surface area (Å²) in [7, 11) is 0. The summed E-state index contributed by atoms with van der Waals surface area (Å²) in [5.74, 6) is 1.52. The molecule has 3 aromatic rings. The average Bonchev–Trinajstić information content (AvgIpc) is 3.28. The number of furan rings is 1. The van der Waals surface area contributed by atoms with E-state index in [4.69, 9.17) is 16.0 Å². The molecule has 0 bridgehead atoms. The molecular formula is C18H17ClN4O2S. The minimum atomic E-state index is -0.108. The van der Waals surface area contributed by atoms with Crippen molar-refractivity contribution in [2.45, 2.75) is 18.2 Å². The molecule has 0 saturated carbocycles. The van der Waals surface area contributed by atoms with Gasteiger partial charge in [0, 0.05) is 17.1 Å². The lowest BCUT2D eigenvalue weighted by molar-refractivity contribution is -0.118. The van der Waals surface area contributed by atoms with Gasteiger partial charge in [-0.05, 0) is 24.3 Å². The fourth-order valence-corrected chi connectivity index (χ4v) is 3.28. The number of nitrogens with one attached hydrogen (secondary N) is 1. The van der Waals surface area contributed by atoms with Crippen molar-refractivity contribution >= 4 is 29.3 Å². The van der Waals surface area contributed by atoms with Gasteiger partial charge < -0.3 is 9.73 Å². The highest BCUT2D eigenvalue weighted by atomic mass is 35.5. The van der Waals surface area contributed by atoms with E-state index in [0.717, 1.165) is 5.56 Å². The average molecular weight is 389 g/mol. The smallest absolute Gasteiger partial charge is 0.230 e. The summed E-state index contributed by atoms with van der Waals surface area (Å²) in [6.45, 7) is 4.67. The number of carbonyl (C=O) groups excluding carboxylic acids is 1. The van der Waals surface area contributed by atoms with Gasteiger partial charge in [-0.15, -0.1) is 16.8 Å². The largest absolute Gasteiger partial charge is 0.467 e. The Bertz CT molecular complexity index is 892. The number of nitrogens with zero attached hydrogens (tertiary/aromatic N) is 3. The number of aromatic nitrogens is 3. The first-order valence-corrected chi connectivity index (χ1v) is 9.25. The van der Waals surface area contributed by atoms with E-state index in [1.807, 2.05) is 28.8 Å². The zero-order chi connectivity index (χ0) is 18.4. The van der Waals surface area contributed by atoms with Gasteiger partial charge in [0.1, 0.15) is 5.76 Å². The summed E-state index contributed by atoms with van der Waals surface area (Å²) in [6.07, 6.45) is 3.34. The monoisotopic (exact) mass is 388 g/mol. The van der Waals surface area contributed by atoms with Crippen molar-refractivity contribution in [3.63, 3.8) is 0 Å². The molecule has 2 aromatic heterocycles. The van der Waals surface area contributed by atoms with Gasteiger partial charge in [-0.1, -0.05) is 41.6 Å². The van der Waals surface area contributed by atoms with Crippen LogP contribution in [0.25, 0.3) is 11.4 Å². The molecule has 8 heteroatoms. The van der Waals surface area contributed by atoms with Crippen LogP contribution < -0.4 is 5.32 Å². The zero-order valence-corrected chi connectivity index (χ0v) is 15.5. The van der Waals surface area contributed by atoms with Crippen LogP contribution in [-0.4, -0.2) is 26.4 Å². The fourth-order valence-electron chi connectivity index (χ4n) is 2.31. The molecule has 0 unspecified atom stereocenters. The standard InChI is InChI=1S/C18H17ClN4O2S/c1-2-8-23-17(13-5-3-6-14(19)10-13)21-22-18(23)26-12-16(24)20-11-15-7-4-9-25-15/h2-7,9-10H,1,8,11-12H2,(H,20,24). The maximum Gasteiger partial charge on any atom is 0.230 e. The Morgan fingerprint density at radius 3 is 2.96 bits per heavy atom. The van der Waals surface area contributed by atoms with Crippen molar-refractivity contribution in [3.05, 3.63) is 66.1 Å². The van der Waals surface area contributed by atoms with Crippen LogP contribution in [0.4, 0.5) is 0 Å². The van der Waals surface area contributed by atoms with Gasteiger partial charge in [-0.25, -0.2) is 0 Å². The third-order valence-electron chi connectivity index (χ3n) is 3.48. The van der Waals surface area contributed by atoms with Gasteiger partial charge in [-0.3, -0.25) is 9.36 Å². The summed E-state index contributed by atoms with van der Waals surface area (Å²) in [4.78, 5) is 12.0. The van der Waals surface area contributed by atoms with E-state index in [9.17, 15) is 4.79 Å². The highest BCUT2D eigenvalue weighted by Crippen LogP contribution is 2.25. The second kappa shape index (κ2) is 8.73. The first-order valence-electron chi connectivity index (χ1n) is 7.89. The quantitative estimate of drug-likeness (QED) is 0.469. The maximum atomic E-state index is 12.0. The number of rotatable bonds is 8. The molecule has 0 aliphatic rings. The second-order valence-corrected chi connectivity index (χ2v) is 6.74. The van der Waals surface area contributed by atoms with Crippen LogP contribution in [0.15, 0.2) is 64.9 Å². The molecule has 0 aliphatic carbocycles. The summed E-state index contributed by atoms with van der Waals surface area (Å²) < 4.78 is 7.10. The van der Waals surface area contributed by atoms with Crippen LogP contribution in [0.2, 0.25) is 5.02 Å². The lowest BCUT2D eigenvalue weighted by Crippen LogP contribution is -2.24. The van der Waals surface area contributed by atoms with Gasteiger partial charge in [0.05, 0.1) is 18.6 Å². The summed E-state index contributed by atoms with van der Waals surface area (Å²) in [5, 5.41) is 12.5. The van der Waals surface area contributed by atoms with Crippen LogP contribution in [0.5, 0.6) is 0 Å². The second-order valence-electron chi connectivity index (χ2n) is 5.36. The predicted molar refractivity (Wildman–Crippen MR) is 102 cm³/mol. The molecule has 0 saturated heterocycles. The van der Waals surface area contributed by atoms with E-state index >= 15 is 0 Å². The molecule has 0 aliphatic heterocycles. The van der Waals surface area contributed by atoms with E-state index in [0.29, 0.717) is 34.9 Å². The first-order chi connectivity index (χ1) is 12.7. The summed E-state index contributed by atoms with van der Waals surface area (Å²) >= 11 is 7.39. The molecule has 1 amide bonds. The number of benzene rings is 1. The van der Waals surface area contributed by atoms with Crippen LogP contribution in [0, 0.1) is 0 Å². The predicted octanol–water partition coefficient (Wildman–Crippen LogP) is 3.79. The van der Waals surface area contributed by atoms with Gasteiger partial charge in [0.15, 0.2) is 11.0 Å². The van der Waals surface area contributed by atoms with Gasteiger partial charge in [0.2, 0.25) is 5.91 Å². The summed E-state index contributed by atoms with van der Waals surface area (Å²) in [6, 6.07) is 11.0. The lowest BCUT2D eigenvalue weighted by Gasteiger charge is -2.08. The Morgan fingerprint density at radius 2 is 2.23 bits per heavy atom. The van der Waals surface area contributed by atoms with Crippen LogP contribution in [0.3, 0.4) is 0 Å². The molecule has 2 heterocycles. The fraction of sp³-hybridized carbons (Fsp3) is 0.167. The highest BCUT2D eigenvalue weighted by Gasteiger charge is 2.15. The Balaban J connectivity index is 1.67. The molecule has 0 radical (unpaired) electrons. The van der Waals surface area contributed by atoms with E-state index in [1.165, 1.54) is 11.8 Å². The van der Waals surface area contributed by atoms with Crippen LogP contribution >= 0.6 is 23.4 Å². The SMILES string of the molecule is C=CCn1c(SCC(=O)NCc2ccco2)nnc1-c1cccc(Cl)c1. The number of allylic oxidation sites excluding steroid dienone is 1. The van der Waals surface area contributed by atoms with Crippen molar-refractivity contribution in [2.75, 3.05) is 5.75 Å². The number of thioether (sulfide) groups is 1. The number of amides is 1. The van der Waals surface area contributed by atoms with Gasteiger partial charge in [0.25, 0.3) is 0 Å².